The molecular formula is C19H30N2O4Si. The standard InChI is InChI=1S/C19H30N2O4Si/c1-12(17(23)24-13-8-10-20-11-9-13)15-14(16(22)21-15)19(5,18(2,3)4)25-26(6)7/h8-12,14-15,26H,1-7H3,(H,21,22)/t12-,14-,15-,19-/m1/s1. The van der Waals surface area contributed by atoms with Crippen LogP contribution in [0.1, 0.15) is 34.6 Å². The van der Waals surface area contributed by atoms with Gasteiger partial charge in [-0.2, -0.15) is 0 Å². The van der Waals surface area contributed by atoms with Crippen molar-refractivity contribution in [3.63, 3.8) is 0 Å². The van der Waals surface area contributed by atoms with E-state index in [1.54, 1.807) is 31.5 Å². The number of rotatable bonds is 6. The summed E-state index contributed by atoms with van der Waals surface area (Å²) >= 11 is 0. The Balaban J connectivity index is 2.21. The van der Waals surface area contributed by atoms with Crippen LogP contribution in [0, 0.1) is 17.3 Å². The summed E-state index contributed by atoms with van der Waals surface area (Å²) in [5, 5.41) is 2.89. The third kappa shape index (κ3) is 3.99. The number of hydrogen-bond acceptors (Lipinski definition) is 5. The van der Waals surface area contributed by atoms with Gasteiger partial charge in [0.05, 0.1) is 23.5 Å². The number of aromatic nitrogens is 1. The van der Waals surface area contributed by atoms with E-state index in [4.69, 9.17) is 9.16 Å². The largest absolute Gasteiger partial charge is 0.426 e. The summed E-state index contributed by atoms with van der Waals surface area (Å²) in [4.78, 5) is 28.9. The molecule has 2 heterocycles. The first-order valence-corrected chi connectivity index (χ1v) is 11.9. The minimum absolute atomic E-state index is 0.0642. The van der Waals surface area contributed by atoms with Gasteiger partial charge in [0.15, 0.2) is 9.04 Å². The zero-order valence-electron chi connectivity index (χ0n) is 16.7. The van der Waals surface area contributed by atoms with E-state index in [9.17, 15) is 9.59 Å². The van der Waals surface area contributed by atoms with Crippen molar-refractivity contribution in [2.24, 2.45) is 17.3 Å². The van der Waals surface area contributed by atoms with Gasteiger partial charge >= 0.3 is 5.97 Å². The topological polar surface area (TPSA) is 77.5 Å². The highest BCUT2D eigenvalue weighted by Crippen LogP contribution is 2.46. The van der Waals surface area contributed by atoms with Crippen molar-refractivity contribution in [3.8, 4) is 5.75 Å². The van der Waals surface area contributed by atoms with Crippen LogP contribution in [-0.2, 0) is 14.0 Å². The van der Waals surface area contributed by atoms with Gasteiger partial charge in [0.25, 0.3) is 0 Å². The van der Waals surface area contributed by atoms with Gasteiger partial charge in [0.1, 0.15) is 5.75 Å². The molecule has 1 aromatic heterocycles. The molecule has 0 unspecified atom stereocenters. The van der Waals surface area contributed by atoms with Gasteiger partial charge in [-0.15, -0.1) is 0 Å². The second-order valence-electron chi connectivity index (χ2n) is 8.43. The molecular weight excluding hydrogens is 348 g/mol. The highest BCUT2D eigenvalue weighted by Gasteiger charge is 2.59. The van der Waals surface area contributed by atoms with Crippen LogP contribution >= 0.6 is 0 Å². The zero-order valence-corrected chi connectivity index (χ0v) is 17.9. The molecule has 144 valence electrons. The number of hydrogen-bond donors (Lipinski definition) is 1. The van der Waals surface area contributed by atoms with E-state index in [1.807, 2.05) is 6.92 Å². The molecule has 1 aliphatic heterocycles. The fourth-order valence-electron chi connectivity index (χ4n) is 3.38. The number of amides is 1. The minimum atomic E-state index is -1.40. The van der Waals surface area contributed by atoms with Gasteiger partial charge in [-0.25, -0.2) is 0 Å². The van der Waals surface area contributed by atoms with E-state index in [2.05, 4.69) is 44.2 Å². The first-order valence-electron chi connectivity index (χ1n) is 9.07. The van der Waals surface area contributed by atoms with Gasteiger partial charge in [-0.05, 0) is 44.5 Å². The third-order valence-corrected chi connectivity index (χ3v) is 6.25. The summed E-state index contributed by atoms with van der Waals surface area (Å²) in [5.41, 5.74) is -0.898. The Hall–Kier alpha value is -1.73. The molecule has 1 aliphatic rings. The number of nitrogens with zero attached hydrogens (tertiary/aromatic N) is 1. The summed E-state index contributed by atoms with van der Waals surface area (Å²) in [5.74, 6) is -0.860. The number of ether oxygens (including phenoxy) is 1. The van der Waals surface area contributed by atoms with Crippen LogP contribution in [0.2, 0.25) is 13.1 Å². The number of esters is 1. The first kappa shape index (κ1) is 20.6. The quantitative estimate of drug-likeness (QED) is 0.468. The van der Waals surface area contributed by atoms with Crippen LogP contribution in [0.15, 0.2) is 24.5 Å². The predicted octanol–water partition coefficient (Wildman–Crippen LogP) is 2.54. The van der Waals surface area contributed by atoms with Gasteiger partial charge in [0, 0.05) is 12.4 Å². The Morgan fingerprint density at radius 2 is 1.81 bits per heavy atom. The van der Waals surface area contributed by atoms with E-state index in [1.165, 1.54) is 0 Å². The highest BCUT2D eigenvalue weighted by atomic mass is 28.3. The monoisotopic (exact) mass is 378 g/mol. The molecule has 0 aliphatic carbocycles. The van der Waals surface area contributed by atoms with Crippen molar-refractivity contribution in [2.45, 2.75) is 59.4 Å². The molecule has 2 rings (SSSR count). The summed E-state index contributed by atoms with van der Waals surface area (Å²) in [6.45, 7) is 14.2. The molecule has 1 fully saturated rings. The SMILES string of the molecule is C[C@@H](C(=O)Oc1ccncc1)[C@H]1NC(=O)[C@@H]1[C@@](C)(O[SiH](C)C)C(C)(C)C. The molecule has 1 aromatic rings. The molecule has 26 heavy (non-hydrogen) atoms. The van der Waals surface area contributed by atoms with E-state index >= 15 is 0 Å². The van der Waals surface area contributed by atoms with Crippen LogP contribution in [-0.4, -0.2) is 37.5 Å². The molecule has 1 saturated heterocycles. The molecule has 0 bridgehead atoms. The number of pyridine rings is 1. The van der Waals surface area contributed by atoms with E-state index in [0.29, 0.717) is 5.75 Å². The second kappa shape index (κ2) is 7.48. The highest BCUT2D eigenvalue weighted by molar-refractivity contribution is 6.48. The lowest BCUT2D eigenvalue weighted by Gasteiger charge is -2.55. The first-order chi connectivity index (χ1) is 12.0. The fraction of sp³-hybridized carbons (Fsp3) is 0.632. The lowest BCUT2D eigenvalue weighted by atomic mass is 9.62. The Morgan fingerprint density at radius 1 is 1.23 bits per heavy atom. The summed E-state index contributed by atoms with van der Waals surface area (Å²) in [6, 6.07) is 2.95. The van der Waals surface area contributed by atoms with E-state index in [-0.39, 0.29) is 23.3 Å². The summed E-state index contributed by atoms with van der Waals surface area (Å²) < 4.78 is 11.8. The lowest BCUT2D eigenvalue weighted by molar-refractivity contribution is -0.166. The van der Waals surface area contributed by atoms with Crippen molar-refractivity contribution >= 4 is 20.9 Å². The molecule has 1 N–H and O–H groups in total. The molecule has 1 amide bonds. The predicted molar refractivity (Wildman–Crippen MR) is 102 cm³/mol. The van der Waals surface area contributed by atoms with Crippen LogP contribution < -0.4 is 10.1 Å². The maximum absolute atomic E-state index is 12.6. The molecule has 0 spiro atoms. The van der Waals surface area contributed by atoms with Gasteiger partial charge in [-0.1, -0.05) is 20.8 Å². The molecule has 7 heteroatoms. The van der Waals surface area contributed by atoms with Gasteiger partial charge in [-0.3, -0.25) is 14.6 Å². The summed E-state index contributed by atoms with van der Waals surface area (Å²) in [7, 11) is -1.40. The van der Waals surface area contributed by atoms with Crippen LogP contribution in [0.4, 0.5) is 0 Å². The van der Waals surface area contributed by atoms with Crippen LogP contribution in [0.3, 0.4) is 0 Å². The Kier molecular flexibility index (Phi) is 5.92. The maximum Gasteiger partial charge on any atom is 0.316 e. The number of carbonyl (C=O) groups excluding carboxylic acids is 2. The number of carbonyl (C=O) groups is 2. The van der Waals surface area contributed by atoms with Crippen molar-refractivity contribution in [1.82, 2.24) is 10.3 Å². The van der Waals surface area contributed by atoms with Crippen molar-refractivity contribution in [3.05, 3.63) is 24.5 Å². The molecule has 0 aromatic carbocycles. The maximum atomic E-state index is 12.6. The average Bonchev–Trinajstić information content (AvgIpc) is 2.50. The Bertz CT molecular complexity index is 659. The molecule has 4 atom stereocenters. The van der Waals surface area contributed by atoms with Gasteiger partial charge in [0.2, 0.25) is 5.91 Å². The van der Waals surface area contributed by atoms with Crippen molar-refractivity contribution < 1.29 is 18.8 Å². The second-order valence-corrected chi connectivity index (χ2v) is 10.8. The molecule has 0 radical (unpaired) electrons. The number of nitrogens with one attached hydrogen (secondary N) is 1. The van der Waals surface area contributed by atoms with Crippen LogP contribution in [0.5, 0.6) is 5.75 Å². The lowest BCUT2D eigenvalue weighted by Crippen LogP contribution is -2.72. The Morgan fingerprint density at radius 3 is 2.27 bits per heavy atom. The smallest absolute Gasteiger partial charge is 0.316 e. The zero-order chi connectivity index (χ0) is 19.7. The summed E-state index contributed by atoms with van der Waals surface area (Å²) in [6.07, 6.45) is 3.14. The Labute approximate surface area is 157 Å². The third-order valence-electron chi connectivity index (χ3n) is 5.29. The van der Waals surface area contributed by atoms with E-state index < -0.39 is 26.5 Å². The fourth-order valence-corrected chi connectivity index (χ4v) is 4.86. The number of β-lactam (4-membered cyclic amide) rings is 1. The normalized spacial score (nSPS) is 23.6. The average molecular weight is 379 g/mol. The molecule has 6 nitrogen and oxygen atoms in total. The van der Waals surface area contributed by atoms with Gasteiger partial charge < -0.3 is 14.5 Å². The van der Waals surface area contributed by atoms with E-state index in [0.717, 1.165) is 0 Å². The minimum Gasteiger partial charge on any atom is -0.426 e. The molecule has 0 saturated carbocycles. The van der Waals surface area contributed by atoms with Crippen molar-refractivity contribution in [2.75, 3.05) is 0 Å². The van der Waals surface area contributed by atoms with Crippen molar-refractivity contribution in [1.29, 1.82) is 0 Å². The van der Waals surface area contributed by atoms with Crippen LogP contribution in [0.25, 0.3) is 0 Å².